The van der Waals surface area contributed by atoms with Gasteiger partial charge in [0.05, 0.1) is 27.4 Å². The van der Waals surface area contributed by atoms with Crippen LogP contribution in [0.2, 0.25) is 5.02 Å². The molecule has 0 saturated carbocycles. The van der Waals surface area contributed by atoms with Crippen molar-refractivity contribution in [3.8, 4) is 0 Å². The second-order valence-electron chi connectivity index (χ2n) is 9.37. The maximum atomic E-state index is 13.2. The molecule has 1 aliphatic rings. The molecule has 3 aromatic rings. The van der Waals surface area contributed by atoms with E-state index in [1.807, 2.05) is 0 Å². The van der Waals surface area contributed by atoms with Gasteiger partial charge in [0.15, 0.2) is 5.58 Å². The third-order valence-corrected chi connectivity index (χ3v) is 7.59. The van der Waals surface area contributed by atoms with Crippen LogP contribution in [0.1, 0.15) is 39.0 Å². The lowest BCUT2D eigenvalue weighted by molar-refractivity contribution is -0.143. The lowest BCUT2D eigenvalue weighted by atomic mass is 9.99. The molecule has 1 amide bonds. The van der Waals surface area contributed by atoms with Crippen molar-refractivity contribution in [2.75, 3.05) is 6.61 Å². The molecule has 1 aliphatic heterocycles. The Hall–Kier alpha value is -3.04. The van der Waals surface area contributed by atoms with Gasteiger partial charge in [-0.3, -0.25) is 9.69 Å². The molecule has 0 radical (unpaired) electrons. The molecule has 0 N–H and O–H groups in total. The van der Waals surface area contributed by atoms with E-state index in [9.17, 15) is 18.0 Å². The average Bonchev–Trinajstić information content (AvgIpc) is 3.14. The van der Waals surface area contributed by atoms with Crippen LogP contribution in [0.5, 0.6) is 0 Å². The standard InChI is InChI=1S/C25H26ClNO7S/c1-15(28)32-14-16-10-22-20(13-27(16)24(29)34-25(2,3)4)19-11-18(12-21(26)23(19)33-22)35(30,31)17-8-6-5-7-9-17/h5-9,11-12,16H,10,13-14H2,1-4H3. The van der Waals surface area contributed by atoms with Crippen molar-refractivity contribution in [1.29, 1.82) is 0 Å². The molecule has 1 aromatic heterocycles. The zero-order valence-corrected chi connectivity index (χ0v) is 21.4. The average molecular weight is 520 g/mol. The Kier molecular flexibility index (Phi) is 6.59. The van der Waals surface area contributed by atoms with Gasteiger partial charge in [0, 0.05) is 24.3 Å². The number of amides is 1. The van der Waals surface area contributed by atoms with Crippen molar-refractivity contribution in [3.63, 3.8) is 0 Å². The minimum atomic E-state index is -3.83. The third-order valence-electron chi connectivity index (χ3n) is 5.57. The van der Waals surface area contributed by atoms with Crippen LogP contribution in [0.4, 0.5) is 4.79 Å². The third kappa shape index (κ3) is 5.16. The first-order valence-electron chi connectivity index (χ1n) is 11.0. The van der Waals surface area contributed by atoms with Crippen LogP contribution < -0.4 is 0 Å². The first kappa shape index (κ1) is 25.1. The number of hydrogen-bond acceptors (Lipinski definition) is 7. The number of esters is 1. The predicted molar refractivity (Wildman–Crippen MR) is 129 cm³/mol. The fraction of sp³-hybridized carbons (Fsp3) is 0.360. The van der Waals surface area contributed by atoms with Gasteiger partial charge in [-0.15, -0.1) is 0 Å². The number of ether oxygens (including phenoxy) is 2. The summed E-state index contributed by atoms with van der Waals surface area (Å²) in [6, 6.07) is 10.4. The lowest BCUT2D eigenvalue weighted by Gasteiger charge is -2.35. The van der Waals surface area contributed by atoms with Crippen molar-refractivity contribution in [3.05, 3.63) is 58.8 Å². The number of hydrogen-bond donors (Lipinski definition) is 0. The Morgan fingerprint density at radius 1 is 1.14 bits per heavy atom. The van der Waals surface area contributed by atoms with Gasteiger partial charge < -0.3 is 13.9 Å². The van der Waals surface area contributed by atoms with Gasteiger partial charge in [0.2, 0.25) is 9.84 Å². The quantitative estimate of drug-likeness (QED) is 0.439. The fourth-order valence-corrected chi connectivity index (χ4v) is 5.64. The summed E-state index contributed by atoms with van der Waals surface area (Å²) in [6.45, 7) is 6.61. The normalized spacial score (nSPS) is 16.1. The minimum Gasteiger partial charge on any atom is -0.464 e. The number of halogens is 1. The van der Waals surface area contributed by atoms with Crippen molar-refractivity contribution in [1.82, 2.24) is 4.90 Å². The van der Waals surface area contributed by atoms with Crippen LogP contribution in [0.3, 0.4) is 0 Å². The van der Waals surface area contributed by atoms with E-state index in [1.54, 1.807) is 39.0 Å². The SMILES string of the molecule is CC(=O)OCC1Cc2oc3c(Cl)cc(S(=O)(=O)c4ccccc4)cc3c2CN1C(=O)OC(C)(C)C. The summed E-state index contributed by atoms with van der Waals surface area (Å²) in [7, 11) is -3.83. The van der Waals surface area contributed by atoms with Gasteiger partial charge in [-0.1, -0.05) is 29.8 Å². The summed E-state index contributed by atoms with van der Waals surface area (Å²) in [5, 5.41) is 0.647. The highest BCUT2D eigenvalue weighted by molar-refractivity contribution is 7.91. The number of fused-ring (bicyclic) bond motifs is 3. The van der Waals surface area contributed by atoms with E-state index < -0.39 is 33.5 Å². The monoisotopic (exact) mass is 519 g/mol. The zero-order valence-electron chi connectivity index (χ0n) is 19.8. The van der Waals surface area contributed by atoms with Gasteiger partial charge in [-0.2, -0.15) is 0 Å². The van der Waals surface area contributed by atoms with E-state index >= 15 is 0 Å². The van der Waals surface area contributed by atoms with Gasteiger partial charge in [-0.25, -0.2) is 13.2 Å². The van der Waals surface area contributed by atoms with Crippen molar-refractivity contribution in [2.45, 2.75) is 62.1 Å². The van der Waals surface area contributed by atoms with Gasteiger partial charge in [0.25, 0.3) is 0 Å². The highest BCUT2D eigenvalue weighted by Crippen LogP contribution is 2.39. The summed E-state index contributed by atoms with van der Waals surface area (Å²) >= 11 is 6.47. The maximum absolute atomic E-state index is 13.2. The Labute approximate surface area is 208 Å². The van der Waals surface area contributed by atoms with Crippen LogP contribution in [0.15, 0.2) is 56.7 Å². The first-order chi connectivity index (χ1) is 16.4. The highest BCUT2D eigenvalue weighted by atomic mass is 35.5. The molecule has 0 bridgehead atoms. The second-order valence-corrected chi connectivity index (χ2v) is 11.7. The molecular weight excluding hydrogens is 494 g/mol. The van der Waals surface area contributed by atoms with Gasteiger partial charge in [-0.05, 0) is 45.0 Å². The van der Waals surface area contributed by atoms with E-state index in [-0.39, 0.29) is 34.4 Å². The van der Waals surface area contributed by atoms with E-state index in [4.69, 9.17) is 25.5 Å². The molecule has 2 aromatic carbocycles. The number of carbonyl (C=O) groups excluding carboxylic acids is 2. The predicted octanol–water partition coefficient (Wildman–Crippen LogP) is 5.14. The molecular formula is C25H26ClNO7S. The van der Waals surface area contributed by atoms with E-state index in [1.165, 1.54) is 36.1 Å². The van der Waals surface area contributed by atoms with Crippen LogP contribution in [-0.2, 0) is 37.1 Å². The number of benzene rings is 2. The lowest BCUT2D eigenvalue weighted by Crippen LogP contribution is -2.48. The number of nitrogens with zero attached hydrogens (tertiary/aromatic N) is 1. The molecule has 0 saturated heterocycles. The topological polar surface area (TPSA) is 103 Å². The summed E-state index contributed by atoms with van der Waals surface area (Å²) in [5.41, 5.74) is 0.236. The van der Waals surface area contributed by atoms with Crippen LogP contribution in [0.25, 0.3) is 11.0 Å². The zero-order chi connectivity index (χ0) is 25.5. The summed E-state index contributed by atoms with van der Waals surface area (Å²) in [4.78, 5) is 26.1. The van der Waals surface area contributed by atoms with Gasteiger partial charge >= 0.3 is 12.1 Å². The Bertz CT molecular complexity index is 1390. The van der Waals surface area contributed by atoms with Crippen LogP contribution in [0, 0.1) is 0 Å². The molecule has 4 rings (SSSR count). The molecule has 2 heterocycles. The second kappa shape index (κ2) is 9.20. The Balaban J connectivity index is 1.79. The summed E-state index contributed by atoms with van der Waals surface area (Å²) in [5.74, 6) is 0.0801. The van der Waals surface area contributed by atoms with Crippen LogP contribution in [-0.4, -0.2) is 43.6 Å². The van der Waals surface area contributed by atoms with Crippen molar-refractivity contribution >= 4 is 44.5 Å². The first-order valence-corrected chi connectivity index (χ1v) is 12.9. The van der Waals surface area contributed by atoms with E-state index in [2.05, 4.69) is 0 Å². The smallest absolute Gasteiger partial charge is 0.410 e. The molecule has 0 fully saturated rings. The van der Waals surface area contributed by atoms with E-state index in [0.29, 0.717) is 22.3 Å². The molecule has 0 spiro atoms. The molecule has 8 nitrogen and oxygen atoms in total. The molecule has 186 valence electrons. The fourth-order valence-electron chi connectivity index (χ4n) is 3.98. The van der Waals surface area contributed by atoms with Gasteiger partial charge in [0.1, 0.15) is 18.0 Å². The van der Waals surface area contributed by atoms with Crippen molar-refractivity contribution in [2.24, 2.45) is 0 Å². The number of furan rings is 1. The minimum absolute atomic E-state index is 0.0238. The number of sulfone groups is 1. The summed E-state index contributed by atoms with van der Waals surface area (Å²) in [6.07, 6.45) is -0.331. The Morgan fingerprint density at radius 2 is 1.83 bits per heavy atom. The highest BCUT2D eigenvalue weighted by Gasteiger charge is 2.37. The van der Waals surface area contributed by atoms with Crippen LogP contribution >= 0.6 is 11.6 Å². The largest absolute Gasteiger partial charge is 0.464 e. The number of rotatable bonds is 4. The Morgan fingerprint density at radius 3 is 2.46 bits per heavy atom. The molecule has 1 atom stereocenters. The molecule has 0 aliphatic carbocycles. The number of carbonyl (C=O) groups is 2. The van der Waals surface area contributed by atoms with E-state index in [0.717, 1.165) is 0 Å². The molecule has 35 heavy (non-hydrogen) atoms. The molecule has 1 unspecified atom stereocenters. The molecule has 10 heteroatoms. The van der Waals surface area contributed by atoms with Crippen molar-refractivity contribution < 1.29 is 31.9 Å². The summed E-state index contributed by atoms with van der Waals surface area (Å²) < 4.78 is 43.2. The maximum Gasteiger partial charge on any atom is 0.410 e.